The summed E-state index contributed by atoms with van der Waals surface area (Å²) in [6.45, 7) is 7.73. The van der Waals surface area contributed by atoms with Gasteiger partial charge >= 0.3 is 0 Å². The van der Waals surface area contributed by atoms with Gasteiger partial charge in [0.1, 0.15) is 11.7 Å². The molecule has 0 aliphatic carbocycles. The van der Waals surface area contributed by atoms with Gasteiger partial charge in [-0.05, 0) is 31.0 Å². The third-order valence-electron chi connectivity index (χ3n) is 3.07. The van der Waals surface area contributed by atoms with Gasteiger partial charge in [-0.2, -0.15) is 0 Å². The summed E-state index contributed by atoms with van der Waals surface area (Å²) in [5.74, 6) is 1.49. The average molecular weight is 288 g/mol. The molecule has 0 fully saturated rings. The molecule has 3 nitrogen and oxygen atoms in total. The van der Waals surface area contributed by atoms with Gasteiger partial charge < -0.3 is 10.2 Å². The van der Waals surface area contributed by atoms with Gasteiger partial charge in [0, 0.05) is 29.5 Å². The van der Waals surface area contributed by atoms with E-state index in [0.717, 1.165) is 35.9 Å². The van der Waals surface area contributed by atoms with Crippen molar-refractivity contribution in [2.45, 2.75) is 12.8 Å². The van der Waals surface area contributed by atoms with Crippen LogP contribution in [0.3, 0.4) is 0 Å². The summed E-state index contributed by atoms with van der Waals surface area (Å²) in [7, 11) is 1.97. The zero-order valence-corrected chi connectivity index (χ0v) is 12.3. The second-order valence-electron chi connectivity index (χ2n) is 4.57. The van der Waals surface area contributed by atoms with Crippen LogP contribution in [0.15, 0.2) is 66.1 Å². The Kier molecular flexibility index (Phi) is 4.64. The van der Waals surface area contributed by atoms with E-state index in [-0.39, 0.29) is 0 Å². The molecule has 1 aromatic carbocycles. The third-order valence-corrected chi connectivity index (χ3v) is 3.31. The molecule has 0 amide bonds. The number of hydrogen-bond acceptors (Lipinski definition) is 3. The number of aliphatic imine (C=N–C) groups is 1. The first-order valence-corrected chi connectivity index (χ1v) is 6.83. The largest absolute Gasteiger partial charge is 0.340 e. The van der Waals surface area contributed by atoms with Crippen LogP contribution >= 0.6 is 11.6 Å². The molecule has 1 aliphatic rings. The molecule has 0 radical (unpaired) electrons. The predicted octanol–water partition coefficient (Wildman–Crippen LogP) is 4.42. The summed E-state index contributed by atoms with van der Waals surface area (Å²) in [6, 6.07) is 7.56. The Labute approximate surface area is 125 Å². The van der Waals surface area contributed by atoms with E-state index in [1.165, 1.54) is 0 Å². The van der Waals surface area contributed by atoms with Crippen LogP contribution in [0.25, 0.3) is 0 Å². The monoisotopic (exact) mass is 287 g/mol. The number of amidine groups is 1. The molecule has 0 bridgehead atoms. The van der Waals surface area contributed by atoms with Crippen LogP contribution in [0.1, 0.15) is 12.8 Å². The maximum atomic E-state index is 5.98. The highest BCUT2D eigenvalue weighted by molar-refractivity contribution is 6.31. The molecule has 1 aliphatic heterocycles. The summed E-state index contributed by atoms with van der Waals surface area (Å²) in [6.07, 6.45) is 5.77. The zero-order chi connectivity index (χ0) is 14.5. The van der Waals surface area contributed by atoms with Crippen LogP contribution in [0, 0.1) is 0 Å². The Morgan fingerprint density at radius 3 is 2.95 bits per heavy atom. The lowest BCUT2D eigenvalue weighted by Gasteiger charge is -2.26. The Bertz CT molecular complexity index is 587. The molecular weight excluding hydrogens is 270 g/mol. The molecule has 1 heterocycles. The minimum atomic E-state index is 0.693. The van der Waals surface area contributed by atoms with Crippen molar-refractivity contribution in [1.82, 2.24) is 4.90 Å². The minimum Gasteiger partial charge on any atom is -0.340 e. The second-order valence-corrected chi connectivity index (χ2v) is 5.01. The average Bonchev–Trinajstić information content (AvgIpc) is 2.41. The Hall–Kier alpha value is -2.00. The fourth-order valence-electron chi connectivity index (χ4n) is 1.93. The lowest BCUT2D eigenvalue weighted by molar-refractivity contribution is 0.488. The van der Waals surface area contributed by atoms with E-state index >= 15 is 0 Å². The molecule has 2 rings (SSSR count). The molecule has 104 valence electrons. The van der Waals surface area contributed by atoms with Gasteiger partial charge in [-0.1, -0.05) is 30.3 Å². The molecule has 0 saturated carbocycles. The van der Waals surface area contributed by atoms with Crippen molar-refractivity contribution in [3.63, 3.8) is 0 Å². The van der Waals surface area contributed by atoms with E-state index in [1.807, 2.05) is 48.4 Å². The number of nitrogens with one attached hydrogen (secondary N) is 1. The first-order chi connectivity index (χ1) is 9.60. The Balaban J connectivity index is 2.18. The van der Waals surface area contributed by atoms with Crippen LogP contribution < -0.4 is 5.32 Å². The normalized spacial score (nSPS) is 14.7. The number of anilines is 1. The Morgan fingerprint density at radius 1 is 1.45 bits per heavy atom. The number of nitrogens with zero attached hydrogens (tertiary/aromatic N) is 2. The summed E-state index contributed by atoms with van der Waals surface area (Å²) in [4.78, 5) is 6.43. The molecule has 1 aromatic rings. The molecule has 0 unspecified atom stereocenters. The van der Waals surface area contributed by atoms with Crippen molar-refractivity contribution in [2.24, 2.45) is 4.99 Å². The SMILES string of the molecule is C=CCCC1=CC(Nc2cccc(Cl)c2)=NC(=C)N1C. The first kappa shape index (κ1) is 14.4. The van der Waals surface area contributed by atoms with Gasteiger partial charge in [0.15, 0.2) is 0 Å². The standard InChI is InChI=1S/C16H18ClN3/c1-4-5-9-15-11-16(18-12(2)20(15)3)19-14-8-6-7-13(17)10-14/h4,6-8,10-11H,1-2,5,9H2,3H3,(H,18,19). The first-order valence-electron chi connectivity index (χ1n) is 6.45. The molecule has 1 N–H and O–H groups in total. The topological polar surface area (TPSA) is 27.6 Å². The van der Waals surface area contributed by atoms with Crippen molar-refractivity contribution in [2.75, 3.05) is 12.4 Å². The smallest absolute Gasteiger partial charge is 0.134 e. The van der Waals surface area contributed by atoms with E-state index in [0.29, 0.717) is 5.02 Å². The van der Waals surface area contributed by atoms with Crippen LogP contribution in [0.2, 0.25) is 5.02 Å². The maximum Gasteiger partial charge on any atom is 0.134 e. The van der Waals surface area contributed by atoms with Gasteiger partial charge in [0.05, 0.1) is 0 Å². The van der Waals surface area contributed by atoms with Crippen LogP contribution in [-0.4, -0.2) is 17.8 Å². The molecule has 20 heavy (non-hydrogen) atoms. The number of allylic oxidation sites excluding steroid dienone is 2. The van der Waals surface area contributed by atoms with Crippen molar-refractivity contribution >= 4 is 23.1 Å². The maximum absolute atomic E-state index is 5.98. The number of hydrogen-bond donors (Lipinski definition) is 1. The highest BCUT2D eigenvalue weighted by Gasteiger charge is 2.14. The molecule has 0 atom stereocenters. The highest BCUT2D eigenvalue weighted by atomic mass is 35.5. The van der Waals surface area contributed by atoms with Crippen LogP contribution in [0.5, 0.6) is 0 Å². The summed E-state index contributed by atoms with van der Waals surface area (Å²) in [5, 5.41) is 3.95. The van der Waals surface area contributed by atoms with Gasteiger partial charge in [-0.3, -0.25) is 0 Å². The van der Waals surface area contributed by atoms with Crippen LogP contribution in [-0.2, 0) is 0 Å². The molecule has 0 spiro atoms. The van der Waals surface area contributed by atoms with E-state index in [2.05, 4.69) is 23.5 Å². The van der Waals surface area contributed by atoms with E-state index < -0.39 is 0 Å². The van der Waals surface area contributed by atoms with Gasteiger partial charge in [-0.25, -0.2) is 4.99 Å². The van der Waals surface area contributed by atoms with Crippen LogP contribution in [0.4, 0.5) is 5.69 Å². The van der Waals surface area contributed by atoms with Gasteiger partial charge in [0.2, 0.25) is 0 Å². The number of rotatable bonds is 4. The molecule has 4 heteroatoms. The predicted molar refractivity (Wildman–Crippen MR) is 86.9 cm³/mol. The lowest BCUT2D eigenvalue weighted by Crippen LogP contribution is -2.24. The van der Waals surface area contributed by atoms with Crippen molar-refractivity contribution in [1.29, 1.82) is 0 Å². The zero-order valence-electron chi connectivity index (χ0n) is 11.6. The molecule has 0 aromatic heterocycles. The van der Waals surface area contributed by atoms with Crippen molar-refractivity contribution in [3.05, 3.63) is 66.1 Å². The minimum absolute atomic E-state index is 0.693. The van der Waals surface area contributed by atoms with E-state index in [1.54, 1.807) is 0 Å². The number of halogens is 1. The van der Waals surface area contributed by atoms with E-state index in [4.69, 9.17) is 11.6 Å². The van der Waals surface area contributed by atoms with Crippen molar-refractivity contribution < 1.29 is 0 Å². The second kappa shape index (κ2) is 6.44. The quantitative estimate of drug-likeness (QED) is 0.830. The third kappa shape index (κ3) is 3.52. The van der Waals surface area contributed by atoms with E-state index in [9.17, 15) is 0 Å². The lowest BCUT2D eigenvalue weighted by atomic mass is 10.2. The summed E-state index contributed by atoms with van der Waals surface area (Å²) < 4.78 is 0. The van der Waals surface area contributed by atoms with Gasteiger partial charge in [-0.15, -0.1) is 6.58 Å². The van der Waals surface area contributed by atoms with Gasteiger partial charge in [0.25, 0.3) is 0 Å². The summed E-state index contributed by atoms with van der Waals surface area (Å²) >= 11 is 5.98. The highest BCUT2D eigenvalue weighted by Crippen LogP contribution is 2.22. The van der Waals surface area contributed by atoms with Crippen molar-refractivity contribution in [3.8, 4) is 0 Å². The molecule has 0 saturated heterocycles. The Morgan fingerprint density at radius 2 is 2.25 bits per heavy atom. The number of benzene rings is 1. The fourth-order valence-corrected chi connectivity index (χ4v) is 2.12. The summed E-state index contributed by atoms with van der Waals surface area (Å²) in [5.41, 5.74) is 2.07. The molecular formula is C16H18ClN3. The fraction of sp³-hybridized carbons (Fsp3) is 0.188.